The number of hydrogen-bond donors (Lipinski definition) is 1. The molecule has 0 aliphatic carbocycles. The van der Waals surface area contributed by atoms with Crippen molar-refractivity contribution in [1.82, 2.24) is 9.55 Å². The highest BCUT2D eigenvalue weighted by molar-refractivity contribution is 5.89. The molecule has 1 aromatic carbocycles. The van der Waals surface area contributed by atoms with E-state index < -0.39 is 11.7 Å². The van der Waals surface area contributed by atoms with Gasteiger partial charge in [0.25, 0.3) is 0 Å². The van der Waals surface area contributed by atoms with Gasteiger partial charge >= 0.3 is 6.18 Å². The molecule has 0 saturated heterocycles. The summed E-state index contributed by atoms with van der Waals surface area (Å²) in [5.41, 5.74) is 6.04. The Kier molecular flexibility index (Phi) is 3.20. The van der Waals surface area contributed by atoms with E-state index in [0.29, 0.717) is 16.9 Å². The van der Waals surface area contributed by atoms with Gasteiger partial charge in [-0.15, -0.1) is 0 Å². The minimum Gasteiger partial charge on any atom is -0.397 e. The normalized spacial score (nSPS) is 14.0. The molecule has 1 atom stereocenters. The predicted octanol–water partition coefficient (Wildman–Crippen LogP) is 3.92. The van der Waals surface area contributed by atoms with Gasteiger partial charge in [-0.3, -0.25) is 0 Å². The molecule has 0 unspecified atom stereocenters. The fourth-order valence-corrected chi connectivity index (χ4v) is 2.26. The van der Waals surface area contributed by atoms with Crippen LogP contribution in [-0.2, 0) is 6.18 Å². The summed E-state index contributed by atoms with van der Waals surface area (Å²) in [4.78, 5) is 4.20. The summed E-state index contributed by atoms with van der Waals surface area (Å²) in [6.07, 6.45) is -3.55. The van der Waals surface area contributed by atoms with Gasteiger partial charge in [-0.05, 0) is 32.4 Å². The van der Waals surface area contributed by atoms with E-state index in [2.05, 4.69) is 4.98 Å². The van der Waals surface area contributed by atoms with Gasteiger partial charge in [0.2, 0.25) is 0 Å². The Morgan fingerprint density at radius 3 is 2.53 bits per heavy atom. The minimum absolute atomic E-state index is 0.116. The maximum atomic E-state index is 12.7. The lowest BCUT2D eigenvalue weighted by Crippen LogP contribution is -2.09. The van der Waals surface area contributed by atoms with Crippen molar-refractivity contribution in [3.05, 3.63) is 23.5 Å². The van der Waals surface area contributed by atoms with Crippen LogP contribution in [0.2, 0.25) is 0 Å². The largest absolute Gasteiger partial charge is 0.416 e. The molecule has 2 aromatic rings. The monoisotopic (exact) mass is 271 g/mol. The lowest BCUT2D eigenvalue weighted by molar-refractivity contribution is -0.137. The third kappa shape index (κ3) is 2.27. The maximum Gasteiger partial charge on any atom is 0.416 e. The van der Waals surface area contributed by atoms with E-state index in [-0.39, 0.29) is 11.7 Å². The number of nitrogen functional groups attached to an aromatic ring is 1. The summed E-state index contributed by atoms with van der Waals surface area (Å²) in [6.45, 7) is 5.78. The average molecular weight is 271 g/mol. The van der Waals surface area contributed by atoms with Gasteiger partial charge in [-0.2, -0.15) is 13.2 Å². The molecule has 2 N–H and O–H groups in total. The fraction of sp³-hybridized carbons (Fsp3) is 0.462. The van der Waals surface area contributed by atoms with Crippen LogP contribution in [0.4, 0.5) is 18.9 Å². The molecule has 0 fully saturated rings. The number of nitrogens with zero attached hydrogens (tertiary/aromatic N) is 2. The lowest BCUT2D eigenvalue weighted by Gasteiger charge is -2.16. The van der Waals surface area contributed by atoms with Crippen molar-refractivity contribution < 1.29 is 13.2 Å². The highest BCUT2D eigenvalue weighted by Gasteiger charge is 2.32. The number of imidazole rings is 1. The van der Waals surface area contributed by atoms with Crippen molar-refractivity contribution in [3.8, 4) is 0 Å². The number of benzene rings is 1. The van der Waals surface area contributed by atoms with Crippen LogP contribution in [0.5, 0.6) is 0 Å². The molecule has 0 saturated carbocycles. The third-order valence-corrected chi connectivity index (χ3v) is 3.35. The fourth-order valence-electron chi connectivity index (χ4n) is 2.26. The molecule has 2 rings (SSSR count). The quantitative estimate of drug-likeness (QED) is 0.841. The Hall–Kier alpha value is -1.72. The number of anilines is 1. The van der Waals surface area contributed by atoms with Gasteiger partial charge in [0, 0.05) is 6.04 Å². The zero-order valence-electron chi connectivity index (χ0n) is 11.0. The Morgan fingerprint density at radius 1 is 1.37 bits per heavy atom. The average Bonchev–Trinajstić information content (AvgIpc) is 2.63. The van der Waals surface area contributed by atoms with Crippen molar-refractivity contribution in [3.63, 3.8) is 0 Å². The maximum absolute atomic E-state index is 12.7. The van der Waals surface area contributed by atoms with Crippen LogP contribution < -0.4 is 5.73 Å². The van der Waals surface area contributed by atoms with Crippen molar-refractivity contribution >= 4 is 16.7 Å². The Bertz CT molecular complexity index is 614. The zero-order valence-corrected chi connectivity index (χ0v) is 11.0. The van der Waals surface area contributed by atoms with Crippen LogP contribution in [-0.4, -0.2) is 9.55 Å². The molecule has 3 nitrogen and oxygen atoms in total. The minimum atomic E-state index is -4.41. The van der Waals surface area contributed by atoms with Crippen molar-refractivity contribution in [2.24, 2.45) is 0 Å². The van der Waals surface area contributed by atoms with Crippen LogP contribution in [0.15, 0.2) is 12.1 Å². The van der Waals surface area contributed by atoms with Crippen LogP contribution in [0, 0.1) is 6.92 Å². The summed E-state index contributed by atoms with van der Waals surface area (Å²) in [5, 5.41) is 0. The molecule has 1 heterocycles. The predicted molar refractivity (Wildman–Crippen MR) is 68.9 cm³/mol. The van der Waals surface area contributed by atoms with Crippen LogP contribution >= 0.6 is 0 Å². The summed E-state index contributed by atoms with van der Waals surface area (Å²) < 4.78 is 40.1. The number of aromatic nitrogens is 2. The second-order valence-corrected chi connectivity index (χ2v) is 4.72. The SMILES string of the molecule is CC[C@H](C)n1c(C)nc2cc(C(F)(F)F)cc(N)c21. The van der Waals surface area contributed by atoms with E-state index in [4.69, 9.17) is 5.73 Å². The second kappa shape index (κ2) is 4.43. The Morgan fingerprint density at radius 2 is 2.00 bits per heavy atom. The Balaban J connectivity index is 2.74. The number of fused-ring (bicyclic) bond motifs is 1. The van der Waals surface area contributed by atoms with E-state index in [9.17, 15) is 13.2 Å². The zero-order chi connectivity index (χ0) is 14.4. The molecule has 6 heteroatoms. The van der Waals surface area contributed by atoms with Crippen LogP contribution in [0.25, 0.3) is 11.0 Å². The van der Waals surface area contributed by atoms with Gasteiger partial charge < -0.3 is 10.3 Å². The first kappa shape index (κ1) is 13.7. The first-order valence-corrected chi connectivity index (χ1v) is 6.11. The molecule has 0 aliphatic rings. The molecule has 19 heavy (non-hydrogen) atoms. The van der Waals surface area contributed by atoms with Gasteiger partial charge in [-0.25, -0.2) is 4.98 Å². The smallest absolute Gasteiger partial charge is 0.397 e. The topological polar surface area (TPSA) is 43.8 Å². The number of hydrogen-bond acceptors (Lipinski definition) is 2. The second-order valence-electron chi connectivity index (χ2n) is 4.72. The van der Waals surface area contributed by atoms with Crippen LogP contribution in [0.3, 0.4) is 0 Å². The van der Waals surface area contributed by atoms with E-state index in [1.165, 1.54) is 0 Å². The number of halogens is 3. The van der Waals surface area contributed by atoms with E-state index in [0.717, 1.165) is 18.6 Å². The molecule has 0 amide bonds. The van der Waals surface area contributed by atoms with E-state index in [1.807, 2.05) is 18.4 Å². The third-order valence-electron chi connectivity index (χ3n) is 3.35. The molecule has 104 valence electrons. The first-order chi connectivity index (χ1) is 8.75. The molecular formula is C13H16F3N3. The van der Waals surface area contributed by atoms with E-state index in [1.54, 1.807) is 6.92 Å². The van der Waals surface area contributed by atoms with Gasteiger partial charge in [0.15, 0.2) is 0 Å². The molecular weight excluding hydrogens is 255 g/mol. The number of aryl methyl sites for hydroxylation is 1. The summed E-state index contributed by atoms with van der Waals surface area (Å²) in [6, 6.07) is 2.17. The molecule has 0 radical (unpaired) electrons. The summed E-state index contributed by atoms with van der Waals surface area (Å²) in [5.74, 6) is 0.676. The van der Waals surface area contributed by atoms with E-state index >= 15 is 0 Å². The molecule has 0 spiro atoms. The van der Waals surface area contributed by atoms with Crippen molar-refractivity contribution in [2.45, 2.75) is 39.4 Å². The van der Waals surface area contributed by atoms with Gasteiger partial charge in [0.1, 0.15) is 5.82 Å². The summed E-state index contributed by atoms with van der Waals surface area (Å²) >= 11 is 0. The highest BCUT2D eigenvalue weighted by atomic mass is 19.4. The molecule has 0 aliphatic heterocycles. The molecule has 1 aromatic heterocycles. The number of alkyl halides is 3. The van der Waals surface area contributed by atoms with Crippen molar-refractivity contribution in [2.75, 3.05) is 5.73 Å². The van der Waals surface area contributed by atoms with Crippen molar-refractivity contribution in [1.29, 1.82) is 0 Å². The van der Waals surface area contributed by atoms with Gasteiger partial charge in [-0.1, -0.05) is 6.92 Å². The van der Waals surface area contributed by atoms with Gasteiger partial charge in [0.05, 0.1) is 22.3 Å². The standard InChI is InChI=1S/C13H16F3N3/c1-4-7(2)19-8(3)18-11-6-9(13(14,15)16)5-10(17)12(11)19/h5-7H,4,17H2,1-3H3/t7-/m0/s1. The Labute approximate surface area is 109 Å². The lowest BCUT2D eigenvalue weighted by atomic mass is 10.1. The van der Waals surface area contributed by atoms with Crippen LogP contribution in [0.1, 0.15) is 37.7 Å². The number of nitrogens with two attached hydrogens (primary N) is 1. The summed E-state index contributed by atoms with van der Waals surface area (Å²) in [7, 11) is 0. The molecule has 0 bridgehead atoms. The number of rotatable bonds is 2. The highest BCUT2D eigenvalue weighted by Crippen LogP contribution is 2.35. The first-order valence-electron chi connectivity index (χ1n) is 6.11.